The Morgan fingerprint density at radius 3 is 2.53 bits per heavy atom. The van der Waals surface area contributed by atoms with Crippen LogP contribution in [-0.2, 0) is 0 Å². The molecule has 0 atom stereocenters. The first kappa shape index (κ1) is 10.8. The summed E-state index contributed by atoms with van der Waals surface area (Å²) in [5.74, 6) is 0. The molecular formula is C11H9Cl2NS. The molecule has 1 heterocycles. The van der Waals surface area contributed by atoms with Gasteiger partial charge in [0, 0.05) is 4.88 Å². The number of nitrogens with two attached hydrogens (primary N) is 1. The fraction of sp³-hybridized carbons (Fsp3) is 0.0909. The second kappa shape index (κ2) is 4.05. The van der Waals surface area contributed by atoms with E-state index in [0.29, 0.717) is 10.7 Å². The van der Waals surface area contributed by atoms with Crippen molar-refractivity contribution in [2.75, 3.05) is 5.73 Å². The van der Waals surface area contributed by atoms with Crippen LogP contribution in [0, 0.1) is 6.92 Å². The first-order chi connectivity index (χ1) is 7.08. The SMILES string of the molecule is Cc1cc(N)c(Cl)cc1-c1ccc(Cl)s1. The standard InChI is InChI=1S/C11H9Cl2NS/c1-6-4-9(14)8(12)5-7(6)10-2-3-11(13)15-10/h2-5H,14H2,1H3. The van der Waals surface area contributed by atoms with Gasteiger partial charge in [0.25, 0.3) is 0 Å². The third-order valence-corrected chi connectivity index (χ3v) is 3.77. The van der Waals surface area contributed by atoms with Crippen molar-refractivity contribution in [3.8, 4) is 10.4 Å². The van der Waals surface area contributed by atoms with Crippen LogP contribution < -0.4 is 5.73 Å². The lowest BCUT2D eigenvalue weighted by Crippen LogP contribution is -1.89. The number of thiophene rings is 1. The number of hydrogen-bond acceptors (Lipinski definition) is 2. The van der Waals surface area contributed by atoms with Gasteiger partial charge in [-0.3, -0.25) is 0 Å². The second-order valence-electron chi connectivity index (χ2n) is 3.29. The van der Waals surface area contributed by atoms with E-state index in [-0.39, 0.29) is 0 Å². The van der Waals surface area contributed by atoms with E-state index >= 15 is 0 Å². The second-order valence-corrected chi connectivity index (χ2v) is 5.41. The normalized spacial score (nSPS) is 10.6. The molecule has 1 nitrogen and oxygen atoms in total. The Morgan fingerprint density at radius 1 is 1.20 bits per heavy atom. The van der Waals surface area contributed by atoms with Crippen LogP contribution in [0.4, 0.5) is 5.69 Å². The van der Waals surface area contributed by atoms with Gasteiger partial charge in [0.05, 0.1) is 15.0 Å². The minimum atomic E-state index is 0.583. The molecule has 1 aromatic heterocycles. The van der Waals surface area contributed by atoms with Crippen molar-refractivity contribution in [3.63, 3.8) is 0 Å². The van der Waals surface area contributed by atoms with Crippen molar-refractivity contribution >= 4 is 40.2 Å². The molecular weight excluding hydrogens is 249 g/mol. The summed E-state index contributed by atoms with van der Waals surface area (Å²) in [4.78, 5) is 1.11. The van der Waals surface area contributed by atoms with Crippen LogP contribution in [-0.4, -0.2) is 0 Å². The van der Waals surface area contributed by atoms with Gasteiger partial charge in [-0.15, -0.1) is 11.3 Å². The van der Waals surface area contributed by atoms with E-state index < -0.39 is 0 Å². The van der Waals surface area contributed by atoms with E-state index in [1.54, 1.807) is 0 Å². The van der Waals surface area contributed by atoms with Crippen LogP contribution in [0.25, 0.3) is 10.4 Å². The molecule has 78 valence electrons. The van der Waals surface area contributed by atoms with Crippen LogP contribution >= 0.6 is 34.5 Å². The van der Waals surface area contributed by atoms with Crippen molar-refractivity contribution in [1.82, 2.24) is 0 Å². The highest BCUT2D eigenvalue weighted by atomic mass is 35.5. The van der Waals surface area contributed by atoms with Crippen LogP contribution in [0.2, 0.25) is 9.36 Å². The van der Waals surface area contributed by atoms with E-state index in [1.165, 1.54) is 11.3 Å². The van der Waals surface area contributed by atoms with Gasteiger partial charge in [0.15, 0.2) is 0 Å². The highest BCUT2D eigenvalue weighted by Crippen LogP contribution is 2.36. The molecule has 0 aliphatic carbocycles. The Hall–Kier alpha value is -0.700. The van der Waals surface area contributed by atoms with E-state index in [4.69, 9.17) is 28.9 Å². The highest BCUT2D eigenvalue weighted by Gasteiger charge is 2.07. The molecule has 0 aliphatic heterocycles. The third-order valence-electron chi connectivity index (χ3n) is 2.18. The maximum absolute atomic E-state index is 5.99. The highest BCUT2D eigenvalue weighted by molar-refractivity contribution is 7.19. The molecule has 2 aromatic rings. The lowest BCUT2D eigenvalue weighted by atomic mass is 10.1. The topological polar surface area (TPSA) is 26.0 Å². The molecule has 15 heavy (non-hydrogen) atoms. The molecule has 1 aromatic carbocycles. The molecule has 0 bridgehead atoms. The third kappa shape index (κ3) is 2.12. The number of anilines is 1. The zero-order chi connectivity index (χ0) is 11.0. The molecule has 0 saturated carbocycles. The van der Waals surface area contributed by atoms with Gasteiger partial charge in [-0.05, 0) is 42.3 Å². The summed E-state index contributed by atoms with van der Waals surface area (Å²) >= 11 is 13.4. The van der Waals surface area contributed by atoms with Gasteiger partial charge in [-0.1, -0.05) is 23.2 Å². The summed E-state index contributed by atoms with van der Waals surface area (Å²) in [6.45, 7) is 2.01. The molecule has 0 amide bonds. The average molecular weight is 258 g/mol. The molecule has 2 N–H and O–H groups in total. The Bertz CT molecular complexity index is 505. The monoisotopic (exact) mass is 257 g/mol. The Kier molecular flexibility index (Phi) is 2.91. The molecule has 2 rings (SSSR count). The number of hydrogen-bond donors (Lipinski definition) is 1. The molecule has 4 heteroatoms. The molecule has 0 saturated heterocycles. The van der Waals surface area contributed by atoms with E-state index in [0.717, 1.165) is 20.3 Å². The Morgan fingerprint density at radius 2 is 1.93 bits per heavy atom. The van der Waals surface area contributed by atoms with Gasteiger partial charge >= 0.3 is 0 Å². The van der Waals surface area contributed by atoms with Crippen molar-refractivity contribution in [1.29, 1.82) is 0 Å². The molecule has 0 unspecified atom stereocenters. The largest absolute Gasteiger partial charge is 0.398 e. The fourth-order valence-corrected chi connectivity index (χ4v) is 2.72. The van der Waals surface area contributed by atoms with E-state index in [1.807, 2.05) is 31.2 Å². The smallest absolute Gasteiger partial charge is 0.0934 e. The van der Waals surface area contributed by atoms with Gasteiger partial charge in [0.2, 0.25) is 0 Å². The van der Waals surface area contributed by atoms with Crippen LogP contribution in [0.15, 0.2) is 24.3 Å². The van der Waals surface area contributed by atoms with Crippen molar-refractivity contribution in [2.24, 2.45) is 0 Å². The summed E-state index contributed by atoms with van der Waals surface area (Å²) < 4.78 is 0.775. The predicted molar refractivity (Wildman–Crippen MR) is 68.9 cm³/mol. The maximum atomic E-state index is 5.99. The summed E-state index contributed by atoms with van der Waals surface area (Å²) in [5.41, 5.74) is 8.53. The molecule has 0 radical (unpaired) electrons. The number of nitrogen functional groups attached to an aromatic ring is 1. The predicted octanol–water partition coefficient (Wildman–Crippen LogP) is 4.61. The molecule has 0 fully saturated rings. The number of aryl methyl sites for hydroxylation is 1. The summed E-state index contributed by atoms with van der Waals surface area (Å²) in [7, 11) is 0. The maximum Gasteiger partial charge on any atom is 0.0934 e. The first-order valence-corrected chi connectivity index (χ1v) is 5.96. The number of benzene rings is 1. The summed E-state index contributed by atoms with van der Waals surface area (Å²) in [6, 6.07) is 7.63. The molecule has 0 aliphatic rings. The number of halogens is 2. The zero-order valence-corrected chi connectivity index (χ0v) is 10.4. The van der Waals surface area contributed by atoms with Crippen molar-refractivity contribution < 1.29 is 0 Å². The summed E-state index contributed by atoms with van der Waals surface area (Å²) in [6.07, 6.45) is 0. The van der Waals surface area contributed by atoms with Gasteiger partial charge in [0.1, 0.15) is 0 Å². The van der Waals surface area contributed by atoms with E-state index in [9.17, 15) is 0 Å². The van der Waals surface area contributed by atoms with Gasteiger partial charge in [-0.2, -0.15) is 0 Å². The van der Waals surface area contributed by atoms with Gasteiger partial charge < -0.3 is 5.73 Å². The lowest BCUT2D eigenvalue weighted by Gasteiger charge is -2.06. The first-order valence-electron chi connectivity index (χ1n) is 4.39. The van der Waals surface area contributed by atoms with Crippen LogP contribution in [0.1, 0.15) is 5.56 Å². The van der Waals surface area contributed by atoms with Gasteiger partial charge in [-0.25, -0.2) is 0 Å². The zero-order valence-electron chi connectivity index (χ0n) is 8.05. The van der Waals surface area contributed by atoms with E-state index in [2.05, 4.69) is 0 Å². The summed E-state index contributed by atoms with van der Waals surface area (Å²) in [5, 5.41) is 0.583. The Balaban J connectivity index is 2.58. The van der Waals surface area contributed by atoms with Crippen LogP contribution in [0.5, 0.6) is 0 Å². The minimum absolute atomic E-state index is 0.583. The molecule has 0 spiro atoms. The lowest BCUT2D eigenvalue weighted by molar-refractivity contribution is 1.48. The fourth-order valence-electron chi connectivity index (χ4n) is 1.43. The van der Waals surface area contributed by atoms with Crippen LogP contribution in [0.3, 0.4) is 0 Å². The average Bonchev–Trinajstić information content (AvgIpc) is 2.58. The van der Waals surface area contributed by atoms with Crippen molar-refractivity contribution in [2.45, 2.75) is 6.92 Å². The quantitative estimate of drug-likeness (QED) is 0.742. The van der Waals surface area contributed by atoms with Crippen molar-refractivity contribution in [3.05, 3.63) is 39.2 Å². The Labute approximate surface area is 102 Å². The minimum Gasteiger partial charge on any atom is -0.398 e. The number of rotatable bonds is 1.